The molecule has 0 spiro atoms. The third-order valence-electron chi connectivity index (χ3n) is 3.00. The Labute approximate surface area is 120 Å². The third-order valence-corrected chi connectivity index (χ3v) is 4.11. The topological polar surface area (TPSA) is 51.4 Å². The van der Waals surface area contributed by atoms with Gasteiger partial charge in [0.1, 0.15) is 6.10 Å². The van der Waals surface area contributed by atoms with Crippen molar-refractivity contribution in [2.45, 2.75) is 19.6 Å². The molecule has 0 radical (unpaired) electrons. The number of rotatable bonds is 2. The van der Waals surface area contributed by atoms with Gasteiger partial charge in [0.05, 0.1) is 23.8 Å². The van der Waals surface area contributed by atoms with E-state index in [4.69, 9.17) is 22.1 Å². The number of fused-ring (bicyclic) bond motifs is 1. The Kier molecular flexibility index (Phi) is 3.24. The van der Waals surface area contributed by atoms with Crippen LogP contribution >= 0.6 is 22.9 Å². The van der Waals surface area contributed by atoms with Crippen LogP contribution in [0.2, 0.25) is 5.02 Å². The predicted molar refractivity (Wildman–Crippen MR) is 79.1 cm³/mol. The Balaban J connectivity index is 1.92. The fourth-order valence-corrected chi connectivity index (χ4v) is 3.16. The number of aromatic nitrogens is 1. The van der Waals surface area contributed by atoms with Crippen molar-refractivity contribution < 1.29 is 4.74 Å². The minimum atomic E-state index is 0.109. The molecule has 19 heavy (non-hydrogen) atoms. The van der Waals surface area contributed by atoms with E-state index in [1.807, 2.05) is 31.3 Å². The smallest absolute Gasteiger partial charge is 0.180 e. The number of halogens is 1. The zero-order valence-corrected chi connectivity index (χ0v) is 12.0. The molecule has 1 atom stereocenters. The number of anilines is 2. The van der Waals surface area contributed by atoms with Crippen molar-refractivity contribution in [1.82, 2.24) is 4.98 Å². The number of hydrogen-bond donors (Lipinski definition) is 1. The number of nitrogen functional groups attached to an aromatic ring is 1. The summed E-state index contributed by atoms with van der Waals surface area (Å²) < 4.78 is 5.83. The highest BCUT2D eigenvalue weighted by Gasteiger charge is 2.25. The third kappa shape index (κ3) is 2.48. The summed E-state index contributed by atoms with van der Waals surface area (Å²) in [5, 5.41) is 1.25. The van der Waals surface area contributed by atoms with E-state index < -0.39 is 0 Å². The van der Waals surface area contributed by atoms with Gasteiger partial charge in [-0.25, -0.2) is 4.98 Å². The highest BCUT2D eigenvalue weighted by Crippen LogP contribution is 2.40. The van der Waals surface area contributed by atoms with Gasteiger partial charge in [0.15, 0.2) is 10.9 Å². The van der Waals surface area contributed by atoms with E-state index in [-0.39, 0.29) is 6.10 Å². The first-order valence-electron chi connectivity index (χ1n) is 6.04. The largest absolute Gasteiger partial charge is 0.485 e. The van der Waals surface area contributed by atoms with Crippen LogP contribution in [0.5, 0.6) is 5.75 Å². The lowest BCUT2D eigenvalue weighted by Gasteiger charge is -2.35. The molecule has 0 saturated heterocycles. The van der Waals surface area contributed by atoms with Gasteiger partial charge in [-0.15, -0.1) is 11.3 Å². The van der Waals surface area contributed by atoms with Gasteiger partial charge in [-0.2, -0.15) is 0 Å². The van der Waals surface area contributed by atoms with Gasteiger partial charge in [0, 0.05) is 11.1 Å². The second kappa shape index (κ2) is 4.90. The Morgan fingerprint density at radius 2 is 2.42 bits per heavy atom. The molecule has 6 heteroatoms. The van der Waals surface area contributed by atoms with Crippen molar-refractivity contribution in [1.29, 1.82) is 0 Å². The first-order chi connectivity index (χ1) is 9.13. The molecule has 100 valence electrons. The number of thiazole rings is 1. The molecule has 1 aliphatic rings. The molecule has 0 fully saturated rings. The van der Waals surface area contributed by atoms with Crippen molar-refractivity contribution in [2.75, 3.05) is 17.2 Å². The normalized spacial score (nSPS) is 18.0. The molecule has 3 rings (SSSR count). The summed E-state index contributed by atoms with van der Waals surface area (Å²) in [6.07, 6.45) is 1.93. The van der Waals surface area contributed by atoms with Crippen molar-refractivity contribution in [2.24, 2.45) is 0 Å². The van der Waals surface area contributed by atoms with E-state index in [0.717, 1.165) is 29.4 Å². The number of para-hydroxylation sites is 1. The Hall–Kier alpha value is -1.46. The van der Waals surface area contributed by atoms with Crippen LogP contribution in [0.25, 0.3) is 0 Å². The lowest BCUT2D eigenvalue weighted by Crippen LogP contribution is -2.37. The van der Waals surface area contributed by atoms with E-state index in [0.29, 0.717) is 10.2 Å². The first-order valence-corrected chi connectivity index (χ1v) is 7.23. The van der Waals surface area contributed by atoms with Crippen LogP contribution in [0.4, 0.5) is 10.8 Å². The molecule has 1 aromatic heterocycles. The van der Waals surface area contributed by atoms with Gasteiger partial charge in [0.2, 0.25) is 0 Å². The Bertz CT molecular complexity index is 601. The van der Waals surface area contributed by atoms with Gasteiger partial charge >= 0.3 is 0 Å². The monoisotopic (exact) mass is 295 g/mol. The van der Waals surface area contributed by atoms with Crippen molar-refractivity contribution in [3.63, 3.8) is 0 Å². The lowest BCUT2D eigenvalue weighted by atomic mass is 10.2. The highest BCUT2D eigenvalue weighted by molar-refractivity contribution is 7.15. The molecule has 2 N–H and O–H groups in total. The zero-order valence-electron chi connectivity index (χ0n) is 10.5. The Morgan fingerprint density at radius 3 is 3.16 bits per heavy atom. The number of nitrogens with zero attached hydrogens (tertiary/aromatic N) is 2. The van der Waals surface area contributed by atoms with Gasteiger partial charge in [-0.05, 0) is 19.1 Å². The summed E-state index contributed by atoms with van der Waals surface area (Å²) in [6.45, 7) is 3.64. The lowest BCUT2D eigenvalue weighted by molar-refractivity contribution is 0.212. The first kappa shape index (κ1) is 12.6. The summed E-state index contributed by atoms with van der Waals surface area (Å²) in [6, 6.07) is 5.81. The van der Waals surface area contributed by atoms with Crippen LogP contribution in [0.15, 0.2) is 24.4 Å². The maximum atomic E-state index is 6.20. The highest BCUT2D eigenvalue weighted by atomic mass is 35.5. The predicted octanol–water partition coefficient (Wildman–Crippen LogP) is 3.17. The maximum absolute atomic E-state index is 6.20. The van der Waals surface area contributed by atoms with Crippen molar-refractivity contribution in [3.05, 3.63) is 34.3 Å². The summed E-state index contributed by atoms with van der Waals surface area (Å²) in [7, 11) is 0. The molecule has 0 amide bonds. The standard InChI is InChI=1S/C13H14ClN3OS/c1-8-6-17(7-9-5-16-13(15)19-9)11-4-2-3-10(14)12(11)18-8/h2-5,8H,6-7H2,1H3,(H2,15,16). The van der Waals surface area contributed by atoms with Crippen LogP contribution in [0, 0.1) is 0 Å². The second-order valence-corrected chi connectivity index (χ2v) is 6.12. The van der Waals surface area contributed by atoms with E-state index in [1.165, 1.54) is 11.3 Å². The summed E-state index contributed by atoms with van der Waals surface area (Å²) in [5.41, 5.74) is 6.70. The van der Waals surface area contributed by atoms with Gasteiger partial charge in [-0.1, -0.05) is 17.7 Å². The van der Waals surface area contributed by atoms with Crippen LogP contribution < -0.4 is 15.4 Å². The molecular weight excluding hydrogens is 282 g/mol. The van der Waals surface area contributed by atoms with E-state index in [9.17, 15) is 0 Å². The fraction of sp³-hybridized carbons (Fsp3) is 0.308. The van der Waals surface area contributed by atoms with Crippen LogP contribution in [-0.2, 0) is 6.54 Å². The molecule has 4 nitrogen and oxygen atoms in total. The van der Waals surface area contributed by atoms with E-state index in [1.54, 1.807) is 0 Å². The molecule has 1 aromatic carbocycles. The molecule has 0 saturated carbocycles. The van der Waals surface area contributed by atoms with E-state index in [2.05, 4.69) is 9.88 Å². The number of ether oxygens (including phenoxy) is 1. The summed E-state index contributed by atoms with van der Waals surface area (Å²) >= 11 is 7.71. The zero-order chi connectivity index (χ0) is 13.4. The van der Waals surface area contributed by atoms with Crippen molar-refractivity contribution in [3.8, 4) is 5.75 Å². The molecule has 1 unspecified atom stereocenters. The Morgan fingerprint density at radius 1 is 1.58 bits per heavy atom. The fourth-order valence-electron chi connectivity index (χ4n) is 2.24. The molecule has 2 aromatic rings. The SMILES string of the molecule is CC1CN(Cc2cnc(N)s2)c2cccc(Cl)c2O1. The molecule has 0 aliphatic carbocycles. The summed E-state index contributed by atoms with van der Waals surface area (Å²) in [4.78, 5) is 7.48. The quantitative estimate of drug-likeness (QED) is 0.924. The maximum Gasteiger partial charge on any atom is 0.180 e. The van der Waals surface area contributed by atoms with Gasteiger partial charge in [-0.3, -0.25) is 0 Å². The van der Waals surface area contributed by atoms with Crippen LogP contribution in [-0.4, -0.2) is 17.6 Å². The number of benzene rings is 1. The minimum absolute atomic E-state index is 0.109. The van der Waals surface area contributed by atoms with Gasteiger partial charge < -0.3 is 15.4 Å². The van der Waals surface area contributed by atoms with Crippen LogP contribution in [0.1, 0.15) is 11.8 Å². The van der Waals surface area contributed by atoms with Gasteiger partial charge in [0.25, 0.3) is 0 Å². The minimum Gasteiger partial charge on any atom is -0.485 e. The average Bonchev–Trinajstić information content (AvgIpc) is 2.76. The number of hydrogen-bond acceptors (Lipinski definition) is 5. The van der Waals surface area contributed by atoms with E-state index >= 15 is 0 Å². The molecule has 1 aliphatic heterocycles. The molecule has 0 bridgehead atoms. The number of nitrogens with two attached hydrogens (primary N) is 1. The molecular formula is C13H14ClN3OS. The summed E-state index contributed by atoms with van der Waals surface area (Å²) in [5.74, 6) is 0.764. The second-order valence-electron chi connectivity index (χ2n) is 4.56. The van der Waals surface area contributed by atoms with Crippen LogP contribution in [0.3, 0.4) is 0 Å². The average molecular weight is 296 g/mol. The molecule has 2 heterocycles. The van der Waals surface area contributed by atoms with Crippen molar-refractivity contribution >= 4 is 33.8 Å².